The third-order valence-corrected chi connectivity index (χ3v) is 3.09. The zero-order chi connectivity index (χ0) is 12.3. The van der Waals surface area contributed by atoms with Crippen molar-refractivity contribution in [1.29, 1.82) is 0 Å². The van der Waals surface area contributed by atoms with Crippen molar-refractivity contribution >= 4 is 11.9 Å². The fourth-order valence-corrected chi connectivity index (χ4v) is 2.09. The highest BCUT2D eigenvalue weighted by Crippen LogP contribution is 2.16. The van der Waals surface area contributed by atoms with Crippen molar-refractivity contribution in [3.05, 3.63) is 17.5 Å². The molecule has 5 nitrogen and oxygen atoms in total. The van der Waals surface area contributed by atoms with Crippen LogP contribution in [0.15, 0.2) is 6.20 Å². The highest BCUT2D eigenvalue weighted by molar-refractivity contribution is 5.88. The minimum atomic E-state index is -0.968. The van der Waals surface area contributed by atoms with Crippen molar-refractivity contribution in [3.8, 4) is 0 Å². The minimum Gasteiger partial charge on any atom is -0.478 e. The Morgan fingerprint density at radius 1 is 1.29 bits per heavy atom. The molecule has 0 atom stereocenters. The minimum absolute atomic E-state index is 0.184. The molecular formula is C12H17N3O2. The van der Waals surface area contributed by atoms with Crippen LogP contribution in [-0.4, -0.2) is 34.1 Å². The topological polar surface area (TPSA) is 66.3 Å². The molecule has 1 aliphatic rings. The van der Waals surface area contributed by atoms with E-state index >= 15 is 0 Å². The van der Waals surface area contributed by atoms with Crippen LogP contribution in [0.5, 0.6) is 0 Å². The number of aryl methyl sites for hydroxylation is 1. The van der Waals surface area contributed by atoms with E-state index < -0.39 is 5.97 Å². The second kappa shape index (κ2) is 5.12. The predicted octanol–water partition coefficient (Wildman–Crippen LogP) is 1.86. The van der Waals surface area contributed by atoms with Gasteiger partial charge in [-0.05, 0) is 19.8 Å². The molecule has 0 spiro atoms. The average molecular weight is 235 g/mol. The van der Waals surface area contributed by atoms with Gasteiger partial charge in [0.1, 0.15) is 0 Å². The maximum Gasteiger partial charge on any atom is 0.339 e. The lowest BCUT2D eigenvalue weighted by molar-refractivity contribution is 0.0695. The molecule has 0 bridgehead atoms. The summed E-state index contributed by atoms with van der Waals surface area (Å²) in [6.07, 6.45) is 6.22. The lowest BCUT2D eigenvalue weighted by Gasteiger charge is -2.20. The highest BCUT2D eigenvalue weighted by atomic mass is 16.4. The summed E-state index contributed by atoms with van der Waals surface area (Å²) in [4.78, 5) is 21.5. The van der Waals surface area contributed by atoms with E-state index in [9.17, 15) is 4.79 Å². The summed E-state index contributed by atoms with van der Waals surface area (Å²) in [5.74, 6) is -0.306. The van der Waals surface area contributed by atoms with E-state index in [0.29, 0.717) is 11.6 Å². The monoisotopic (exact) mass is 235 g/mol. The van der Waals surface area contributed by atoms with Gasteiger partial charge in [0.15, 0.2) is 0 Å². The average Bonchev–Trinajstić information content (AvgIpc) is 2.56. The Hall–Kier alpha value is -1.65. The van der Waals surface area contributed by atoms with Gasteiger partial charge >= 0.3 is 5.97 Å². The van der Waals surface area contributed by atoms with E-state index in [1.54, 1.807) is 6.92 Å². The predicted molar refractivity (Wildman–Crippen MR) is 64.4 cm³/mol. The van der Waals surface area contributed by atoms with E-state index in [0.717, 1.165) is 25.9 Å². The maximum absolute atomic E-state index is 10.9. The summed E-state index contributed by atoms with van der Waals surface area (Å²) < 4.78 is 0. The first kappa shape index (κ1) is 11.8. The molecule has 1 aromatic heterocycles. The number of carboxylic acid groups (broad SMARTS) is 1. The second-order valence-electron chi connectivity index (χ2n) is 4.38. The van der Waals surface area contributed by atoms with Gasteiger partial charge in [0, 0.05) is 19.3 Å². The first-order valence-electron chi connectivity index (χ1n) is 6.00. The zero-order valence-corrected chi connectivity index (χ0v) is 10.0. The van der Waals surface area contributed by atoms with Crippen molar-refractivity contribution in [1.82, 2.24) is 9.97 Å². The van der Waals surface area contributed by atoms with Crippen molar-refractivity contribution in [2.24, 2.45) is 0 Å². The van der Waals surface area contributed by atoms with Crippen LogP contribution in [-0.2, 0) is 0 Å². The molecule has 0 aliphatic carbocycles. The lowest BCUT2D eigenvalue weighted by Crippen LogP contribution is -2.26. The van der Waals surface area contributed by atoms with E-state index in [-0.39, 0.29) is 5.56 Å². The largest absolute Gasteiger partial charge is 0.478 e. The summed E-state index contributed by atoms with van der Waals surface area (Å²) in [5, 5.41) is 8.92. The third kappa shape index (κ3) is 2.72. The maximum atomic E-state index is 10.9. The van der Waals surface area contributed by atoms with Gasteiger partial charge in [-0.25, -0.2) is 14.8 Å². The molecule has 2 heterocycles. The number of rotatable bonds is 2. The number of anilines is 1. The van der Waals surface area contributed by atoms with Gasteiger partial charge < -0.3 is 10.0 Å². The Morgan fingerprint density at radius 2 is 1.94 bits per heavy atom. The van der Waals surface area contributed by atoms with Gasteiger partial charge in [-0.3, -0.25) is 0 Å². The molecule has 0 unspecified atom stereocenters. The number of carboxylic acids is 1. The van der Waals surface area contributed by atoms with Crippen molar-refractivity contribution in [2.45, 2.75) is 32.6 Å². The number of aromatic nitrogens is 2. The van der Waals surface area contributed by atoms with E-state index in [1.807, 2.05) is 0 Å². The summed E-state index contributed by atoms with van der Waals surface area (Å²) in [6, 6.07) is 0. The number of carbonyl (C=O) groups is 1. The summed E-state index contributed by atoms with van der Waals surface area (Å²) in [6.45, 7) is 3.64. The summed E-state index contributed by atoms with van der Waals surface area (Å²) in [5.41, 5.74) is 0.718. The fourth-order valence-electron chi connectivity index (χ4n) is 2.09. The van der Waals surface area contributed by atoms with Crippen LogP contribution in [0.4, 0.5) is 5.95 Å². The van der Waals surface area contributed by atoms with Gasteiger partial charge in [-0.2, -0.15) is 0 Å². The normalized spacial score (nSPS) is 16.6. The Balaban J connectivity index is 2.21. The third-order valence-electron chi connectivity index (χ3n) is 3.09. The van der Waals surface area contributed by atoms with Crippen LogP contribution in [0.2, 0.25) is 0 Å². The standard InChI is InChI=1S/C12H17N3O2/c1-9-10(11(16)17)8-13-12(14-9)15-6-4-2-3-5-7-15/h8H,2-7H2,1H3,(H,16,17). The summed E-state index contributed by atoms with van der Waals surface area (Å²) in [7, 11) is 0. The van der Waals surface area contributed by atoms with Gasteiger partial charge in [-0.1, -0.05) is 12.8 Å². The van der Waals surface area contributed by atoms with Crippen LogP contribution >= 0.6 is 0 Å². The van der Waals surface area contributed by atoms with Gasteiger partial charge in [0.05, 0.1) is 11.3 Å². The molecule has 1 aliphatic heterocycles. The molecule has 0 aromatic carbocycles. The molecule has 2 rings (SSSR count). The first-order valence-corrected chi connectivity index (χ1v) is 6.00. The van der Waals surface area contributed by atoms with E-state index in [1.165, 1.54) is 19.0 Å². The number of nitrogens with zero attached hydrogens (tertiary/aromatic N) is 3. The second-order valence-corrected chi connectivity index (χ2v) is 4.38. The van der Waals surface area contributed by atoms with Crippen molar-refractivity contribution in [2.75, 3.05) is 18.0 Å². The van der Waals surface area contributed by atoms with Gasteiger partial charge in [0.25, 0.3) is 0 Å². The zero-order valence-electron chi connectivity index (χ0n) is 10.0. The Labute approximate surface area is 100 Å². The van der Waals surface area contributed by atoms with Crippen LogP contribution < -0.4 is 4.90 Å². The van der Waals surface area contributed by atoms with Crippen LogP contribution in [0.25, 0.3) is 0 Å². The molecule has 0 saturated carbocycles. The Bertz CT molecular complexity index is 412. The van der Waals surface area contributed by atoms with Crippen LogP contribution in [0.3, 0.4) is 0 Å². The van der Waals surface area contributed by atoms with Crippen LogP contribution in [0, 0.1) is 6.92 Å². The number of hydrogen-bond donors (Lipinski definition) is 1. The number of aromatic carboxylic acids is 1. The fraction of sp³-hybridized carbons (Fsp3) is 0.583. The van der Waals surface area contributed by atoms with Crippen LogP contribution in [0.1, 0.15) is 41.7 Å². The first-order chi connectivity index (χ1) is 8.18. The molecule has 1 saturated heterocycles. The van der Waals surface area contributed by atoms with Crippen molar-refractivity contribution in [3.63, 3.8) is 0 Å². The Morgan fingerprint density at radius 3 is 2.47 bits per heavy atom. The van der Waals surface area contributed by atoms with E-state index in [4.69, 9.17) is 5.11 Å². The molecular weight excluding hydrogens is 218 g/mol. The molecule has 17 heavy (non-hydrogen) atoms. The smallest absolute Gasteiger partial charge is 0.339 e. The quantitative estimate of drug-likeness (QED) is 0.847. The molecule has 5 heteroatoms. The summed E-state index contributed by atoms with van der Waals surface area (Å²) >= 11 is 0. The molecule has 1 N–H and O–H groups in total. The molecule has 92 valence electrons. The molecule has 1 fully saturated rings. The molecule has 0 amide bonds. The van der Waals surface area contributed by atoms with Gasteiger partial charge in [-0.15, -0.1) is 0 Å². The van der Waals surface area contributed by atoms with E-state index in [2.05, 4.69) is 14.9 Å². The molecule has 0 radical (unpaired) electrons. The lowest BCUT2D eigenvalue weighted by atomic mass is 10.2. The van der Waals surface area contributed by atoms with Gasteiger partial charge in [0.2, 0.25) is 5.95 Å². The van der Waals surface area contributed by atoms with Crippen molar-refractivity contribution < 1.29 is 9.90 Å². The SMILES string of the molecule is Cc1nc(N2CCCCCC2)ncc1C(=O)O. The Kier molecular flexibility index (Phi) is 3.56. The highest BCUT2D eigenvalue weighted by Gasteiger charge is 2.15. The number of hydrogen-bond acceptors (Lipinski definition) is 4. The molecule has 1 aromatic rings.